The number of esters is 2. The van der Waals surface area contributed by atoms with Gasteiger partial charge in [0, 0.05) is 6.42 Å². The summed E-state index contributed by atoms with van der Waals surface area (Å²) in [6, 6.07) is 1.64. The van der Waals surface area contributed by atoms with E-state index >= 15 is 0 Å². The molecule has 20 heavy (non-hydrogen) atoms. The standard InChI is InChI=1S/C14H22N2O4/c1-19-12(17)7-6-11(13(18)20-2)16-14(10-15)8-4-3-5-9-14/h11,16H,3-9H2,1-2H3. The van der Waals surface area contributed by atoms with E-state index in [0.717, 1.165) is 32.1 Å². The number of hydrogen-bond donors (Lipinski definition) is 1. The van der Waals surface area contributed by atoms with Gasteiger partial charge < -0.3 is 9.47 Å². The lowest BCUT2D eigenvalue weighted by Gasteiger charge is -2.34. The summed E-state index contributed by atoms with van der Waals surface area (Å²) in [4.78, 5) is 23.0. The van der Waals surface area contributed by atoms with E-state index in [2.05, 4.69) is 16.1 Å². The molecule has 0 aromatic carbocycles. The number of nitrogens with one attached hydrogen (secondary N) is 1. The number of nitriles is 1. The Balaban J connectivity index is 2.70. The largest absolute Gasteiger partial charge is 0.469 e. The second-order valence-corrected chi connectivity index (χ2v) is 5.09. The Morgan fingerprint density at radius 1 is 1.25 bits per heavy atom. The summed E-state index contributed by atoms with van der Waals surface area (Å²) in [5, 5.41) is 12.5. The van der Waals surface area contributed by atoms with E-state index in [9.17, 15) is 14.9 Å². The zero-order chi connectivity index (χ0) is 15.0. The highest BCUT2D eigenvalue weighted by molar-refractivity contribution is 5.77. The molecule has 6 nitrogen and oxygen atoms in total. The third kappa shape index (κ3) is 4.49. The highest BCUT2D eigenvalue weighted by Gasteiger charge is 2.36. The van der Waals surface area contributed by atoms with Crippen molar-refractivity contribution in [2.75, 3.05) is 14.2 Å². The third-order valence-electron chi connectivity index (χ3n) is 3.72. The Morgan fingerprint density at radius 2 is 1.90 bits per heavy atom. The Labute approximate surface area is 119 Å². The molecule has 0 aliphatic heterocycles. The predicted molar refractivity (Wildman–Crippen MR) is 71.6 cm³/mol. The van der Waals surface area contributed by atoms with Crippen LogP contribution in [0.15, 0.2) is 0 Å². The highest BCUT2D eigenvalue weighted by Crippen LogP contribution is 2.28. The Bertz CT molecular complexity index is 383. The Hall–Kier alpha value is -1.61. The molecular formula is C14H22N2O4. The second-order valence-electron chi connectivity index (χ2n) is 5.09. The summed E-state index contributed by atoms with van der Waals surface area (Å²) in [6.07, 6.45) is 4.85. The molecule has 1 saturated carbocycles. The molecule has 6 heteroatoms. The Kier molecular flexibility index (Phi) is 6.46. The van der Waals surface area contributed by atoms with Crippen molar-refractivity contribution in [3.05, 3.63) is 0 Å². The van der Waals surface area contributed by atoms with Crippen LogP contribution in [0.1, 0.15) is 44.9 Å². The smallest absolute Gasteiger partial charge is 0.322 e. The first-order valence-corrected chi connectivity index (χ1v) is 6.90. The monoisotopic (exact) mass is 282 g/mol. The van der Waals surface area contributed by atoms with Crippen LogP contribution in [0.3, 0.4) is 0 Å². The van der Waals surface area contributed by atoms with Crippen LogP contribution in [0.5, 0.6) is 0 Å². The van der Waals surface area contributed by atoms with Crippen LogP contribution in [0.25, 0.3) is 0 Å². The lowest BCUT2D eigenvalue weighted by molar-refractivity contribution is -0.145. The van der Waals surface area contributed by atoms with Crippen molar-refractivity contribution in [3.8, 4) is 6.07 Å². The molecule has 0 saturated heterocycles. The maximum atomic E-state index is 11.8. The fourth-order valence-corrected chi connectivity index (χ4v) is 2.53. The summed E-state index contributed by atoms with van der Waals surface area (Å²) in [5.41, 5.74) is -0.687. The summed E-state index contributed by atoms with van der Waals surface area (Å²) in [5.74, 6) is -0.829. The van der Waals surface area contributed by atoms with Gasteiger partial charge in [0.25, 0.3) is 0 Å². The van der Waals surface area contributed by atoms with Crippen LogP contribution < -0.4 is 5.32 Å². The van der Waals surface area contributed by atoms with Crippen LogP contribution in [-0.4, -0.2) is 37.7 Å². The van der Waals surface area contributed by atoms with E-state index in [1.807, 2.05) is 0 Å². The maximum Gasteiger partial charge on any atom is 0.322 e. The molecule has 1 N–H and O–H groups in total. The van der Waals surface area contributed by atoms with Crippen molar-refractivity contribution in [3.63, 3.8) is 0 Å². The van der Waals surface area contributed by atoms with Gasteiger partial charge in [-0.25, -0.2) is 0 Å². The normalized spacial score (nSPS) is 18.6. The minimum absolute atomic E-state index is 0.116. The molecule has 0 radical (unpaired) electrons. The second kappa shape index (κ2) is 7.85. The van der Waals surface area contributed by atoms with Crippen molar-refractivity contribution in [2.45, 2.75) is 56.5 Å². The lowest BCUT2D eigenvalue weighted by Crippen LogP contribution is -2.53. The minimum Gasteiger partial charge on any atom is -0.469 e. The van der Waals surface area contributed by atoms with Crippen molar-refractivity contribution < 1.29 is 19.1 Å². The van der Waals surface area contributed by atoms with Crippen LogP contribution in [0.2, 0.25) is 0 Å². The summed E-state index contributed by atoms with van der Waals surface area (Å²) >= 11 is 0. The number of carbonyl (C=O) groups is 2. The topological polar surface area (TPSA) is 88.4 Å². The van der Waals surface area contributed by atoms with Crippen molar-refractivity contribution in [2.24, 2.45) is 0 Å². The van der Waals surface area contributed by atoms with Gasteiger partial charge >= 0.3 is 11.9 Å². The maximum absolute atomic E-state index is 11.8. The van der Waals surface area contributed by atoms with Gasteiger partial charge in [-0.15, -0.1) is 0 Å². The van der Waals surface area contributed by atoms with E-state index in [-0.39, 0.29) is 18.8 Å². The van der Waals surface area contributed by atoms with Crippen LogP contribution >= 0.6 is 0 Å². The molecule has 1 fully saturated rings. The number of nitrogens with zero attached hydrogens (tertiary/aromatic N) is 1. The fraction of sp³-hybridized carbons (Fsp3) is 0.786. The quantitative estimate of drug-likeness (QED) is 0.739. The molecule has 0 aromatic rings. The summed E-state index contributed by atoms with van der Waals surface area (Å²) in [7, 11) is 2.61. The lowest BCUT2D eigenvalue weighted by atomic mass is 9.82. The van der Waals surface area contributed by atoms with E-state index in [1.165, 1.54) is 14.2 Å². The molecule has 1 aliphatic carbocycles. The number of hydrogen-bond acceptors (Lipinski definition) is 6. The first-order chi connectivity index (χ1) is 9.56. The molecule has 112 valence electrons. The average molecular weight is 282 g/mol. The van der Waals surface area contributed by atoms with Gasteiger partial charge in [-0.3, -0.25) is 14.9 Å². The first kappa shape index (κ1) is 16.4. The number of ether oxygens (including phenoxy) is 2. The van der Waals surface area contributed by atoms with Crippen molar-refractivity contribution in [1.82, 2.24) is 5.32 Å². The molecule has 0 amide bonds. The van der Waals surface area contributed by atoms with Gasteiger partial charge in [0.15, 0.2) is 0 Å². The first-order valence-electron chi connectivity index (χ1n) is 6.90. The summed E-state index contributed by atoms with van der Waals surface area (Å²) < 4.78 is 9.32. The summed E-state index contributed by atoms with van der Waals surface area (Å²) in [6.45, 7) is 0. The molecule has 1 atom stereocenters. The molecule has 1 rings (SSSR count). The molecule has 1 aliphatic rings. The zero-order valence-electron chi connectivity index (χ0n) is 12.1. The number of methoxy groups -OCH3 is 2. The molecule has 1 unspecified atom stereocenters. The van der Waals surface area contributed by atoms with Crippen LogP contribution in [0, 0.1) is 11.3 Å². The van der Waals surface area contributed by atoms with Gasteiger partial charge in [0.2, 0.25) is 0 Å². The van der Waals surface area contributed by atoms with Crippen molar-refractivity contribution >= 4 is 11.9 Å². The van der Waals surface area contributed by atoms with Gasteiger partial charge in [0.1, 0.15) is 11.6 Å². The van der Waals surface area contributed by atoms with Crippen LogP contribution in [0.4, 0.5) is 0 Å². The zero-order valence-corrected chi connectivity index (χ0v) is 12.1. The van der Waals surface area contributed by atoms with E-state index < -0.39 is 17.6 Å². The molecule has 0 bridgehead atoms. The van der Waals surface area contributed by atoms with E-state index in [0.29, 0.717) is 0 Å². The SMILES string of the molecule is COC(=O)CCC(NC1(C#N)CCCCC1)C(=O)OC. The van der Waals surface area contributed by atoms with Gasteiger partial charge in [-0.1, -0.05) is 19.3 Å². The molecule has 0 spiro atoms. The van der Waals surface area contributed by atoms with E-state index in [4.69, 9.17) is 4.74 Å². The highest BCUT2D eigenvalue weighted by atomic mass is 16.5. The average Bonchev–Trinajstić information content (AvgIpc) is 2.51. The predicted octanol–water partition coefficient (Wildman–Crippen LogP) is 1.30. The van der Waals surface area contributed by atoms with Crippen molar-refractivity contribution in [1.29, 1.82) is 5.26 Å². The van der Waals surface area contributed by atoms with E-state index in [1.54, 1.807) is 0 Å². The number of rotatable bonds is 6. The van der Waals surface area contributed by atoms with Gasteiger partial charge in [-0.2, -0.15) is 5.26 Å². The minimum atomic E-state index is -0.687. The third-order valence-corrected chi connectivity index (χ3v) is 3.72. The van der Waals surface area contributed by atoms with Crippen LogP contribution in [-0.2, 0) is 19.1 Å². The van der Waals surface area contributed by atoms with Gasteiger partial charge in [0.05, 0.1) is 20.3 Å². The molecule has 0 aromatic heterocycles. The molecular weight excluding hydrogens is 260 g/mol. The van der Waals surface area contributed by atoms with Gasteiger partial charge in [-0.05, 0) is 19.3 Å². The molecule has 0 heterocycles. The Morgan fingerprint density at radius 3 is 2.40 bits per heavy atom. The number of carbonyl (C=O) groups excluding carboxylic acids is 2. The fourth-order valence-electron chi connectivity index (χ4n) is 2.53.